The number of hydrogen-bond donors (Lipinski definition) is 2. The fourth-order valence-corrected chi connectivity index (χ4v) is 5.57. The highest BCUT2D eigenvalue weighted by Gasteiger charge is 2.25. The molecule has 6 nitrogen and oxygen atoms in total. The summed E-state index contributed by atoms with van der Waals surface area (Å²) in [6, 6.07) is 12.1. The molecule has 1 aliphatic carbocycles. The van der Waals surface area contributed by atoms with Crippen molar-refractivity contribution in [1.82, 2.24) is 9.44 Å². The zero-order valence-corrected chi connectivity index (χ0v) is 18.6. The third-order valence-corrected chi connectivity index (χ3v) is 7.53. The van der Waals surface area contributed by atoms with Gasteiger partial charge in [0.25, 0.3) is 0 Å². The second-order valence-corrected chi connectivity index (χ2v) is 11.3. The summed E-state index contributed by atoms with van der Waals surface area (Å²) in [7, 11) is -6.76. The first-order chi connectivity index (χ1) is 13.6. The number of aryl methyl sites for hydroxylation is 1. The van der Waals surface area contributed by atoms with Gasteiger partial charge < -0.3 is 0 Å². The summed E-state index contributed by atoms with van der Waals surface area (Å²) < 4.78 is 52.9. The van der Waals surface area contributed by atoms with E-state index >= 15 is 0 Å². The van der Waals surface area contributed by atoms with Crippen molar-refractivity contribution >= 4 is 31.6 Å². The Morgan fingerprint density at radius 3 is 2.48 bits per heavy atom. The summed E-state index contributed by atoms with van der Waals surface area (Å²) in [5.74, 6) is 0. The molecule has 29 heavy (non-hydrogen) atoms. The highest BCUT2D eigenvalue weighted by molar-refractivity contribution is 7.89. The lowest BCUT2D eigenvalue weighted by Crippen LogP contribution is -2.39. The van der Waals surface area contributed by atoms with Gasteiger partial charge in [0.15, 0.2) is 0 Å². The topological polar surface area (TPSA) is 92.3 Å². The Labute approximate surface area is 177 Å². The van der Waals surface area contributed by atoms with Crippen LogP contribution in [0.25, 0.3) is 0 Å². The van der Waals surface area contributed by atoms with Crippen LogP contribution in [0.1, 0.15) is 29.5 Å². The Morgan fingerprint density at radius 1 is 1.07 bits per heavy atom. The van der Waals surface area contributed by atoms with E-state index in [-0.39, 0.29) is 10.9 Å². The molecule has 9 heteroatoms. The number of halogens is 1. The fourth-order valence-electron chi connectivity index (χ4n) is 3.66. The van der Waals surface area contributed by atoms with Gasteiger partial charge in [-0.3, -0.25) is 0 Å². The molecule has 158 valence electrons. The van der Waals surface area contributed by atoms with E-state index in [1.54, 1.807) is 12.1 Å². The molecule has 0 aliphatic heterocycles. The predicted octanol–water partition coefficient (Wildman–Crippen LogP) is 2.66. The van der Waals surface area contributed by atoms with Gasteiger partial charge >= 0.3 is 0 Å². The van der Waals surface area contributed by atoms with Crippen LogP contribution < -0.4 is 9.44 Å². The van der Waals surface area contributed by atoms with E-state index in [4.69, 9.17) is 11.6 Å². The first kappa shape index (κ1) is 22.2. The fraction of sp³-hybridized carbons (Fsp3) is 0.400. The molecule has 0 radical (unpaired) electrons. The van der Waals surface area contributed by atoms with Gasteiger partial charge in [0.05, 0.1) is 11.2 Å². The maximum atomic E-state index is 12.6. The predicted molar refractivity (Wildman–Crippen MR) is 115 cm³/mol. The number of hydrogen-bond acceptors (Lipinski definition) is 4. The van der Waals surface area contributed by atoms with Gasteiger partial charge in [-0.05, 0) is 73.1 Å². The third kappa shape index (κ3) is 6.26. The maximum absolute atomic E-state index is 12.6. The number of fused-ring (bicyclic) bond motifs is 1. The monoisotopic (exact) mass is 456 g/mol. The molecule has 1 aliphatic rings. The first-order valence-electron chi connectivity index (χ1n) is 9.46. The van der Waals surface area contributed by atoms with E-state index in [1.165, 1.54) is 23.3 Å². The molecule has 1 atom stereocenters. The minimum absolute atomic E-state index is 0.162. The standard InChI is InChI=1S/C20H25ClN2O4S2/c1-28(24,25)22-13-3-6-15-4-2-5-16-14-18(9-12-20(15)16)23-29(26,27)19-10-7-17(21)8-11-19/h2,4-5,7-8,10-11,18,22-23H,3,6,9,12-14H2,1H3. The van der Waals surface area contributed by atoms with Crippen LogP contribution in [0, 0.1) is 0 Å². The van der Waals surface area contributed by atoms with Gasteiger partial charge in [-0.1, -0.05) is 29.8 Å². The molecular weight excluding hydrogens is 432 g/mol. The maximum Gasteiger partial charge on any atom is 0.240 e. The number of benzene rings is 2. The van der Waals surface area contributed by atoms with Crippen molar-refractivity contribution in [2.24, 2.45) is 0 Å². The van der Waals surface area contributed by atoms with Crippen molar-refractivity contribution in [1.29, 1.82) is 0 Å². The molecule has 0 amide bonds. The summed E-state index contributed by atoms with van der Waals surface area (Å²) in [6.07, 6.45) is 4.81. The number of nitrogens with one attached hydrogen (secondary N) is 2. The van der Waals surface area contributed by atoms with Crippen LogP contribution in [0.4, 0.5) is 0 Å². The molecule has 0 saturated carbocycles. The lowest BCUT2D eigenvalue weighted by atomic mass is 9.85. The van der Waals surface area contributed by atoms with Crippen molar-refractivity contribution < 1.29 is 16.8 Å². The molecule has 3 rings (SSSR count). The Hall–Kier alpha value is -1.45. The highest BCUT2D eigenvalue weighted by Crippen LogP contribution is 2.27. The molecule has 0 spiro atoms. The molecule has 1 unspecified atom stereocenters. The quantitative estimate of drug-likeness (QED) is 0.597. The van der Waals surface area contributed by atoms with E-state index in [2.05, 4.69) is 15.5 Å². The van der Waals surface area contributed by atoms with Gasteiger partial charge in [0, 0.05) is 17.6 Å². The van der Waals surface area contributed by atoms with E-state index in [9.17, 15) is 16.8 Å². The average molecular weight is 457 g/mol. The minimum atomic E-state index is -3.59. The van der Waals surface area contributed by atoms with Gasteiger partial charge in [-0.2, -0.15) is 0 Å². The number of rotatable bonds is 8. The lowest BCUT2D eigenvalue weighted by molar-refractivity contribution is 0.505. The van der Waals surface area contributed by atoms with Gasteiger partial charge in [0.2, 0.25) is 20.0 Å². The highest BCUT2D eigenvalue weighted by atomic mass is 35.5. The minimum Gasteiger partial charge on any atom is -0.215 e. The second-order valence-electron chi connectivity index (χ2n) is 7.34. The van der Waals surface area contributed by atoms with Crippen molar-refractivity contribution in [3.8, 4) is 0 Å². The van der Waals surface area contributed by atoms with E-state index in [1.807, 2.05) is 12.1 Å². The average Bonchev–Trinajstić information content (AvgIpc) is 2.64. The Bertz CT molecular complexity index is 1070. The van der Waals surface area contributed by atoms with Crippen molar-refractivity contribution in [3.63, 3.8) is 0 Å². The Morgan fingerprint density at radius 2 is 1.79 bits per heavy atom. The summed E-state index contributed by atoms with van der Waals surface area (Å²) >= 11 is 5.84. The summed E-state index contributed by atoms with van der Waals surface area (Å²) in [5, 5.41) is 0.495. The Balaban J connectivity index is 1.64. The Kier molecular flexibility index (Phi) is 7.01. The zero-order valence-electron chi connectivity index (χ0n) is 16.2. The van der Waals surface area contributed by atoms with Crippen LogP contribution in [-0.4, -0.2) is 35.7 Å². The van der Waals surface area contributed by atoms with Crippen molar-refractivity contribution in [2.45, 2.75) is 43.0 Å². The summed E-state index contributed by atoms with van der Waals surface area (Å²) in [6.45, 7) is 0.409. The molecule has 2 N–H and O–H groups in total. The smallest absolute Gasteiger partial charge is 0.215 e. The third-order valence-electron chi connectivity index (χ3n) is 5.01. The second kappa shape index (κ2) is 9.14. The zero-order chi connectivity index (χ0) is 21.1. The van der Waals surface area contributed by atoms with Gasteiger partial charge in [0.1, 0.15) is 0 Å². The van der Waals surface area contributed by atoms with E-state index in [0.29, 0.717) is 18.0 Å². The molecule has 0 bridgehead atoms. The van der Waals surface area contributed by atoms with Crippen LogP contribution in [0.5, 0.6) is 0 Å². The van der Waals surface area contributed by atoms with Crippen LogP contribution in [-0.2, 0) is 39.3 Å². The van der Waals surface area contributed by atoms with Crippen LogP contribution in [0.15, 0.2) is 47.4 Å². The van der Waals surface area contributed by atoms with E-state index in [0.717, 1.165) is 37.5 Å². The molecule has 2 aromatic rings. The number of sulfonamides is 2. The first-order valence-corrected chi connectivity index (χ1v) is 13.2. The molecule has 0 heterocycles. The normalized spacial score (nSPS) is 17.1. The largest absolute Gasteiger partial charge is 0.240 e. The lowest BCUT2D eigenvalue weighted by Gasteiger charge is -2.27. The van der Waals surface area contributed by atoms with Crippen molar-refractivity contribution in [2.75, 3.05) is 12.8 Å². The van der Waals surface area contributed by atoms with Crippen LogP contribution >= 0.6 is 11.6 Å². The molecular formula is C20H25ClN2O4S2. The summed E-state index contributed by atoms with van der Waals surface area (Å²) in [5.41, 5.74) is 3.61. The summed E-state index contributed by atoms with van der Waals surface area (Å²) in [4.78, 5) is 0.208. The van der Waals surface area contributed by atoms with Crippen LogP contribution in [0.3, 0.4) is 0 Å². The van der Waals surface area contributed by atoms with Gasteiger partial charge in [-0.15, -0.1) is 0 Å². The molecule has 0 saturated heterocycles. The molecule has 0 fully saturated rings. The molecule has 2 aromatic carbocycles. The SMILES string of the molecule is CS(=O)(=O)NCCCc1cccc2c1CCC(NS(=O)(=O)c1ccc(Cl)cc1)C2. The molecule has 0 aromatic heterocycles. The van der Waals surface area contributed by atoms with Gasteiger partial charge in [-0.25, -0.2) is 26.3 Å². The van der Waals surface area contributed by atoms with E-state index < -0.39 is 20.0 Å². The van der Waals surface area contributed by atoms with Crippen LogP contribution in [0.2, 0.25) is 5.02 Å². The van der Waals surface area contributed by atoms with Crippen molar-refractivity contribution in [3.05, 3.63) is 64.2 Å².